The largest absolute Gasteiger partial charge is 0.377 e. The Morgan fingerprint density at radius 3 is 2.67 bits per heavy atom. The van der Waals surface area contributed by atoms with E-state index in [9.17, 15) is 4.79 Å². The molecule has 2 aliphatic rings. The summed E-state index contributed by atoms with van der Waals surface area (Å²) in [4.78, 5) is 31.7. The number of nitrogens with zero attached hydrogens (tertiary/aromatic N) is 5. The Hall–Kier alpha value is -4.15. The number of anilines is 4. The molecule has 2 saturated heterocycles. The average molecular weight is 570 g/mol. The highest BCUT2D eigenvalue weighted by atomic mass is 19.1. The lowest BCUT2D eigenvalue weighted by molar-refractivity contribution is 0.0752. The van der Waals surface area contributed by atoms with Crippen molar-refractivity contribution < 1.29 is 13.9 Å². The quantitative estimate of drug-likeness (QED) is 0.326. The van der Waals surface area contributed by atoms with Crippen molar-refractivity contribution >= 4 is 40.0 Å². The van der Waals surface area contributed by atoms with Crippen LogP contribution in [-0.2, 0) is 4.74 Å². The highest BCUT2D eigenvalue weighted by Crippen LogP contribution is 2.32. The molecule has 2 aliphatic heterocycles. The molecule has 4 aromatic rings. The number of aromatic nitrogens is 3. The van der Waals surface area contributed by atoms with Crippen LogP contribution in [-0.4, -0.2) is 65.3 Å². The van der Waals surface area contributed by atoms with Crippen LogP contribution in [0.1, 0.15) is 42.6 Å². The van der Waals surface area contributed by atoms with E-state index in [0.29, 0.717) is 37.2 Å². The maximum Gasteiger partial charge on any atom is 0.262 e. The summed E-state index contributed by atoms with van der Waals surface area (Å²) in [5.41, 5.74) is 1.46. The second kappa shape index (κ2) is 12.0. The number of piperidine rings is 1. The summed E-state index contributed by atoms with van der Waals surface area (Å²) in [5, 5.41) is 8.39. The van der Waals surface area contributed by atoms with Crippen LogP contribution in [0.15, 0.2) is 60.9 Å². The molecule has 2 fully saturated rings. The Morgan fingerprint density at radius 1 is 1.10 bits per heavy atom. The molecule has 2 aromatic carbocycles. The van der Waals surface area contributed by atoms with Gasteiger partial charge in [0.05, 0.1) is 36.9 Å². The summed E-state index contributed by atoms with van der Waals surface area (Å²) in [6.45, 7) is 8.95. The molecule has 218 valence electrons. The number of carbonyl (C=O) groups is 1. The minimum absolute atomic E-state index is 0.0100. The third-order valence-corrected chi connectivity index (χ3v) is 8.09. The number of carbonyl (C=O) groups excluding carboxylic acids is 1. The van der Waals surface area contributed by atoms with Crippen molar-refractivity contribution in [2.75, 3.05) is 41.4 Å². The molecule has 0 unspecified atom stereocenters. The SMILES string of the molecule is Cc1cccc2ccnc(N(C(=O)c3ccc(Nc4nccc(N5[C@H](C)COC[C@H]5C)n4)cc3F)[C@@H]3CCCNC3)c12. The van der Waals surface area contributed by atoms with Crippen LogP contribution in [0, 0.1) is 12.7 Å². The van der Waals surface area contributed by atoms with Gasteiger partial charge in [0.25, 0.3) is 5.91 Å². The maximum atomic E-state index is 15.7. The van der Waals surface area contributed by atoms with Crippen molar-refractivity contribution in [2.24, 2.45) is 0 Å². The molecular weight excluding hydrogens is 533 g/mol. The average Bonchev–Trinajstić information content (AvgIpc) is 2.98. The standard InChI is InChI=1S/C32H36FN7O2/c1-20-6-4-7-23-11-14-35-30(29(20)23)40(25-8-5-13-34-17-25)31(41)26-10-9-24(16-27(26)33)37-32-36-15-12-28(38-32)39-21(2)18-42-19-22(39)3/h4,6-7,9-12,14-16,21-22,25,34H,5,8,13,17-19H2,1-3H3,(H,36,37,38)/t21-,22-,25-/m1/s1. The monoisotopic (exact) mass is 569 g/mol. The number of ether oxygens (including phenoxy) is 1. The van der Waals surface area contributed by atoms with Crippen LogP contribution >= 0.6 is 0 Å². The van der Waals surface area contributed by atoms with E-state index in [1.807, 2.05) is 37.3 Å². The summed E-state index contributed by atoms with van der Waals surface area (Å²) in [6, 6.07) is 14.5. The van der Waals surface area contributed by atoms with Crippen molar-refractivity contribution in [3.63, 3.8) is 0 Å². The first-order valence-corrected chi connectivity index (χ1v) is 14.5. The molecule has 0 saturated carbocycles. The van der Waals surface area contributed by atoms with E-state index in [2.05, 4.69) is 44.3 Å². The first kappa shape index (κ1) is 28.0. The van der Waals surface area contributed by atoms with Gasteiger partial charge in [0.1, 0.15) is 17.5 Å². The second-order valence-corrected chi connectivity index (χ2v) is 11.2. The van der Waals surface area contributed by atoms with Crippen LogP contribution in [0.4, 0.5) is 27.7 Å². The van der Waals surface area contributed by atoms with Crippen LogP contribution in [0.5, 0.6) is 0 Å². The lowest BCUT2D eigenvalue weighted by Gasteiger charge is -2.39. The van der Waals surface area contributed by atoms with E-state index in [4.69, 9.17) is 4.74 Å². The van der Waals surface area contributed by atoms with Crippen LogP contribution in [0.25, 0.3) is 10.8 Å². The smallest absolute Gasteiger partial charge is 0.262 e. The lowest BCUT2D eigenvalue weighted by Crippen LogP contribution is -2.50. The third kappa shape index (κ3) is 5.52. The predicted octanol–water partition coefficient (Wildman–Crippen LogP) is 5.23. The Balaban J connectivity index is 1.30. The molecule has 3 atom stereocenters. The molecule has 42 heavy (non-hydrogen) atoms. The molecule has 0 bridgehead atoms. The summed E-state index contributed by atoms with van der Waals surface area (Å²) < 4.78 is 21.4. The topological polar surface area (TPSA) is 95.5 Å². The zero-order valence-corrected chi connectivity index (χ0v) is 24.2. The number of aryl methyl sites for hydroxylation is 1. The van der Waals surface area contributed by atoms with Gasteiger partial charge >= 0.3 is 0 Å². The maximum absolute atomic E-state index is 15.7. The molecule has 9 nitrogen and oxygen atoms in total. The number of pyridine rings is 1. The van der Waals surface area contributed by atoms with Gasteiger partial charge in [-0.3, -0.25) is 9.69 Å². The molecule has 0 spiro atoms. The summed E-state index contributed by atoms with van der Waals surface area (Å²) in [7, 11) is 0. The highest BCUT2D eigenvalue weighted by molar-refractivity contribution is 6.11. The number of morpholine rings is 1. The first-order valence-electron chi connectivity index (χ1n) is 14.5. The summed E-state index contributed by atoms with van der Waals surface area (Å²) in [6.07, 6.45) is 5.12. The van der Waals surface area contributed by atoms with Crippen LogP contribution in [0.2, 0.25) is 0 Å². The predicted molar refractivity (Wildman–Crippen MR) is 163 cm³/mol. The number of hydrogen-bond donors (Lipinski definition) is 2. The van der Waals surface area contributed by atoms with Crippen molar-refractivity contribution in [1.29, 1.82) is 0 Å². The molecule has 2 N–H and O–H groups in total. The molecule has 0 aliphatic carbocycles. The van der Waals surface area contributed by atoms with Gasteiger partial charge in [0.2, 0.25) is 5.95 Å². The van der Waals surface area contributed by atoms with E-state index >= 15 is 4.39 Å². The molecule has 10 heteroatoms. The molecular formula is C32H36FN7O2. The number of benzene rings is 2. The van der Waals surface area contributed by atoms with Crippen molar-refractivity contribution in [1.82, 2.24) is 20.3 Å². The van der Waals surface area contributed by atoms with Gasteiger partial charge < -0.3 is 20.3 Å². The zero-order chi connectivity index (χ0) is 29.2. The summed E-state index contributed by atoms with van der Waals surface area (Å²) in [5.74, 6) is 0.648. The van der Waals surface area contributed by atoms with E-state index in [0.717, 1.165) is 41.5 Å². The molecule has 1 amide bonds. The Kier molecular flexibility index (Phi) is 7.99. The molecule has 2 aromatic heterocycles. The van der Waals surface area contributed by atoms with Gasteiger partial charge in [-0.25, -0.2) is 14.4 Å². The number of amides is 1. The number of fused-ring (bicyclic) bond motifs is 1. The van der Waals surface area contributed by atoms with Gasteiger partial charge in [-0.1, -0.05) is 18.2 Å². The summed E-state index contributed by atoms with van der Waals surface area (Å²) >= 11 is 0. The lowest BCUT2D eigenvalue weighted by atomic mass is 10.0. The molecule has 0 radical (unpaired) electrons. The fourth-order valence-electron chi connectivity index (χ4n) is 6.09. The van der Waals surface area contributed by atoms with Gasteiger partial charge in [-0.05, 0) is 81.4 Å². The van der Waals surface area contributed by atoms with Gasteiger partial charge in [0, 0.05) is 30.0 Å². The number of hydrogen-bond acceptors (Lipinski definition) is 8. The van der Waals surface area contributed by atoms with Crippen LogP contribution < -0.4 is 20.4 Å². The van der Waals surface area contributed by atoms with E-state index in [-0.39, 0.29) is 23.7 Å². The Morgan fingerprint density at radius 2 is 1.90 bits per heavy atom. The first-order chi connectivity index (χ1) is 20.4. The molecule has 4 heterocycles. The van der Waals surface area contributed by atoms with Crippen LogP contribution in [0.3, 0.4) is 0 Å². The number of nitrogens with one attached hydrogen (secondary N) is 2. The van der Waals surface area contributed by atoms with Crippen molar-refractivity contribution in [3.05, 3.63) is 77.9 Å². The Bertz CT molecular complexity index is 1580. The molecule has 6 rings (SSSR count). The Labute approximate surface area is 245 Å². The fourth-order valence-corrected chi connectivity index (χ4v) is 6.09. The number of halogens is 1. The second-order valence-electron chi connectivity index (χ2n) is 11.2. The number of rotatable bonds is 6. The van der Waals surface area contributed by atoms with E-state index in [1.54, 1.807) is 23.4 Å². The van der Waals surface area contributed by atoms with Gasteiger partial charge in [-0.2, -0.15) is 4.98 Å². The van der Waals surface area contributed by atoms with Crippen molar-refractivity contribution in [2.45, 2.75) is 51.7 Å². The van der Waals surface area contributed by atoms with Gasteiger partial charge in [-0.15, -0.1) is 0 Å². The van der Waals surface area contributed by atoms with Crippen molar-refractivity contribution in [3.8, 4) is 0 Å². The van der Waals surface area contributed by atoms with E-state index < -0.39 is 11.7 Å². The minimum atomic E-state index is -0.623. The zero-order valence-electron chi connectivity index (χ0n) is 24.2. The minimum Gasteiger partial charge on any atom is -0.377 e. The normalized spacial score (nSPS) is 20.9. The van der Waals surface area contributed by atoms with Gasteiger partial charge in [0.15, 0.2) is 0 Å². The fraction of sp³-hybridized carbons (Fsp3) is 0.375. The highest BCUT2D eigenvalue weighted by Gasteiger charge is 2.32. The van der Waals surface area contributed by atoms with E-state index in [1.165, 1.54) is 12.1 Å². The third-order valence-electron chi connectivity index (χ3n) is 8.09.